The minimum absolute atomic E-state index is 0.152. The quantitative estimate of drug-likeness (QED) is 0.408. The number of carbonyl (C=O) groups is 3. The van der Waals surface area contributed by atoms with Crippen LogP contribution in [-0.4, -0.2) is 40.3 Å². The highest BCUT2D eigenvalue weighted by Gasteiger charge is 2.37. The lowest BCUT2D eigenvalue weighted by atomic mass is 10.0. The van der Waals surface area contributed by atoms with E-state index in [1.54, 1.807) is 24.3 Å². The Balaban J connectivity index is 1.38. The molecule has 3 aromatic rings. The molecule has 0 radical (unpaired) electrons. The summed E-state index contributed by atoms with van der Waals surface area (Å²) >= 11 is 0. The summed E-state index contributed by atoms with van der Waals surface area (Å²) in [7, 11) is 0. The number of aromatic amines is 1. The van der Waals surface area contributed by atoms with Gasteiger partial charge in [0.15, 0.2) is 0 Å². The Kier molecular flexibility index (Phi) is 6.23. The fraction of sp³-hybridized carbons (Fsp3) is 0.292. The lowest BCUT2D eigenvalue weighted by Crippen LogP contribution is -2.31. The summed E-state index contributed by atoms with van der Waals surface area (Å²) in [5, 5.41) is 6.65. The number of rotatable bonds is 8. The Morgan fingerprint density at radius 1 is 1.09 bits per heavy atom. The molecular weight excluding hydrogens is 406 g/mol. The average Bonchev–Trinajstić information content (AvgIpc) is 3.29. The molecule has 2 heterocycles. The molecule has 5 N–H and O–H groups in total. The first-order valence-electron chi connectivity index (χ1n) is 10.7. The number of fused-ring (bicyclic) bond motifs is 1. The molecule has 0 bridgehead atoms. The second-order valence-corrected chi connectivity index (χ2v) is 8.08. The van der Waals surface area contributed by atoms with E-state index in [1.165, 1.54) is 17.4 Å². The third kappa shape index (κ3) is 4.65. The molecule has 32 heavy (non-hydrogen) atoms. The molecule has 1 unspecified atom stereocenters. The summed E-state index contributed by atoms with van der Waals surface area (Å²) in [5.74, 6) is -0.367. The largest absolute Gasteiger partial charge is 0.361 e. The fourth-order valence-electron chi connectivity index (χ4n) is 4.06. The van der Waals surface area contributed by atoms with Crippen molar-refractivity contribution in [2.45, 2.75) is 38.8 Å². The van der Waals surface area contributed by atoms with Gasteiger partial charge in [-0.2, -0.15) is 0 Å². The van der Waals surface area contributed by atoms with Crippen molar-refractivity contribution in [1.29, 1.82) is 0 Å². The molecule has 8 heteroatoms. The van der Waals surface area contributed by atoms with E-state index in [4.69, 9.17) is 5.73 Å². The van der Waals surface area contributed by atoms with E-state index in [0.29, 0.717) is 25.1 Å². The van der Waals surface area contributed by atoms with Crippen molar-refractivity contribution in [3.63, 3.8) is 0 Å². The third-order valence-electron chi connectivity index (χ3n) is 5.69. The van der Waals surface area contributed by atoms with Crippen LogP contribution in [0.5, 0.6) is 0 Å². The number of urea groups is 1. The Morgan fingerprint density at radius 3 is 2.56 bits per heavy atom. The van der Waals surface area contributed by atoms with Crippen LogP contribution >= 0.6 is 0 Å². The van der Waals surface area contributed by atoms with Crippen molar-refractivity contribution in [2.75, 3.05) is 11.9 Å². The van der Waals surface area contributed by atoms with Crippen LogP contribution in [0, 0.1) is 0 Å². The average molecular weight is 434 g/mol. The minimum atomic E-state index is -0.536. The van der Waals surface area contributed by atoms with Gasteiger partial charge in [0, 0.05) is 29.7 Å². The minimum Gasteiger partial charge on any atom is -0.361 e. The highest BCUT2D eigenvalue weighted by atomic mass is 16.2. The van der Waals surface area contributed by atoms with E-state index >= 15 is 0 Å². The van der Waals surface area contributed by atoms with Gasteiger partial charge in [-0.15, -0.1) is 0 Å². The first-order valence-corrected chi connectivity index (χ1v) is 10.7. The van der Waals surface area contributed by atoms with Gasteiger partial charge in [0.05, 0.1) is 6.54 Å². The van der Waals surface area contributed by atoms with Gasteiger partial charge in [-0.3, -0.25) is 14.5 Å². The fourth-order valence-corrected chi connectivity index (χ4v) is 4.06. The number of nitrogens with one attached hydrogen (secondary N) is 3. The zero-order valence-corrected chi connectivity index (χ0v) is 18.0. The number of imide groups is 1. The number of benzene rings is 2. The van der Waals surface area contributed by atoms with Crippen LogP contribution in [0.4, 0.5) is 10.5 Å². The van der Waals surface area contributed by atoms with Gasteiger partial charge < -0.3 is 21.4 Å². The summed E-state index contributed by atoms with van der Waals surface area (Å²) in [5.41, 5.74) is 10.6. The number of carbonyl (C=O) groups excluding carboxylic acids is 3. The van der Waals surface area contributed by atoms with Crippen LogP contribution in [0.15, 0.2) is 48.7 Å². The molecule has 0 saturated carbocycles. The molecule has 0 aliphatic carbocycles. The van der Waals surface area contributed by atoms with Crippen molar-refractivity contribution in [1.82, 2.24) is 15.2 Å². The standard InChI is InChI=1S/C24H27N5O3/c1-15(30)27-19-6-2-17(3-7-19)14-29-23(31)22(28-24(29)32)9-5-16-4-8-21-20(12-16)18(10-11-25)13-26-21/h2-4,6-8,12-13,22,26H,5,9-11,14,25H2,1H3,(H,27,30)(H,28,32). The maximum atomic E-state index is 12.8. The number of aromatic nitrogens is 1. The van der Waals surface area contributed by atoms with E-state index in [9.17, 15) is 14.4 Å². The van der Waals surface area contributed by atoms with Crippen LogP contribution < -0.4 is 16.4 Å². The van der Waals surface area contributed by atoms with Gasteiger partial charge in [-0.25, -0.2) is 4.79 Å². The zero-order valence-electron chi connectivity index (χ0n) is 18.0. The summed E-state index contributed by atoms with van der Waals surface area (Å²) < 4.78 is 0. The summed E-state index contributed by atoms with van der Waals surface area (Å²) in [6.45, 7) is 2.22. The number of anilines is 1. The van der Waals surface area contributed by atoms with Crippen LogP contribution in [0.25, 0.3) is 10.9 Å². The molecular formula is C24H27N5O3. The predicted octanol–water partition coefficient (Wildman–Crippen LogP) is 2.68. The third-order valence-corrected chi connectivity index (χ3v) is 5.69. The van der Waals surface area contributed by atoms with Crippen molar-refractivity contribution >= 4 is 34.4 Å². The first kappa shape index (κ1) is 21.6. The molecule has 1 fully saturated rings. The number of hydrogen-bond acceptors (Lipinski definition) is 4. The Morgan fingerprint density at radius 2 is 1.84 bits per heavy atom. The summed E-state index contributed by atoms with van der Waals surface area (Å²) in [6.07, 6.45) is 4.01. The number of amides is 4. The van der Waals surface area contributed by atoms with E-state index < -0.39 is 6.04 Å². The maximum absolute atomic E-state index is 12.8. The highest BCUT2D eigenvalue weighted by molar-refractivity contribution is 6.04. The Labute approximate surface area is 186 Å². The number of hydrogen-bond donors (Lipinski definition) is 4. The molecule has 2 aromatic carbocycles. The van der Waals surface area contributed by atoms with Crippen LogP contribution in [-0.2, 0) is 29.0 Å². The van der Waals surface area contributed by atoms with Crippen molar-refractivity contribution < 1.29 is 14.4 Å². The number of H-pyrrole nitrogens is 1. The molecule has 4 amide bonds. The van der Waals surface area contributed by atoms with Gasteiger partial charge in [-0.1, -0.05) is 18.2 Å². The van der Waals surface area contributed by atoms with E-state index in [1.807, 2.05) is 18.3 Å². The topological polar surface area (TPSA) is 120 Å². The van der Waals surface area contributed by atoms with Gasteiger partial charge in [0.25, 0.3) is 5.91 Å². The van der Waals surface area contributed by atoms with E-state index in [0.717, 1.165) is 28.5 Å². The molecule has 4 rings (SSSR count). The molecule has 1 aromatic heterocycles. The molecule has 1 saturated heterocycles. The number of aryl methyl sites for hydroxylation is 1. The lowest BCUT2D eigenvalue weighted by molar-refractivity contribution is -0.128. The first-order chi connectivity index (χ1) is 15.4. The highest BCUT2D eigenvalue weighted by Crippen LogP contribution is 2.22. The van der Waals surface area contributed by atoms with Gasteiger partial charge in [-0.05, 0) is 66.8 Å². The molecule has 166 valence electrons. The number of nitrogens with zero attached hydrogens (tertiary/aromatic N) is 1. The van der Waals surface area contributed by atoms with E-state index in [-0.39, 0.29) is 24.4 Å². The summed E-state index contributed by atoms with van der Waals surface area (Å²) in [6, 6.07) is 12.4. The Hall–Kier alpha value is -3.65. The van der Waals surface area contributed by atoms with Gasteiger partial charge in [0.1, 0.15) is 6.04 Å². The smallest absolute Gasteiger partial charge is 0.325 e. The molecule has 1 aliphatic heterocycles. The number of nitrogens with two attached hydrogens (primary N) is 1. The molecule has 1 aliphatic rings. The van der Waals surface area contributed by atoms with Crippen molar-refractivity contribution in [3.05, 3.63) is 65.4 Å². The van der Waals surface area contributed by atoms with Crippen molar-refractivity contribution in [3.8, 4) is 0 Å². The lowest BCUT2D eigenvalue weighted by Gasteiger charge is -2.14. The second kappa shape index (κ2) is 9.23. The molecule has 0 spiro atoms. The predicted molar refractivity (Wildman–Crippen MR) is 123 cm³/mol. The van der Waals surface area contributed by atoms with E-state index in [2.05, 4.69) is 21.7 Å². The molecule has 8 nitrogen and oxygen atoms in total. The maximum Gasteiger partial charge on any atom is 0.325 e. The van der Waals surface area contributed by atoms with Crippen LogP contribution in [0.2, 0.25) is 0 Å². The van der Waals surface area contributed by atoms with Crippen LogP contribution in [0.1, 0.15) is 30.0 Å². The summed E-state index contributed by atoms with van der Waals surface area (Å²) in [4.78, 5) is 40.9. The SMILES string of the molecule is CC(=O)Nc1ccc(CN2C(=O)NC(CCc3ccc4[nH]cc(CCN)c4c3)C2=O)cc1. The van der Waals surface area contributed by atoms with Gasteiger partial charge >= 0.3 is 6.03 Å². The Bertz CT molecular complexity index is 1150. The van der Waals surface area contributed by atoms with Crippen LogP contribution in [0.3, 0.4) is 0 Å². The van der Waals surface area contributed by atoms with Crippen molar-refractivity contribution in [2.24, 2.45) is 5.73 Å². The van der Waals surface area contributed by atoms with Gasteiger partial charge in [0.2, 0.25) is 5.91 Å². The monoisotopic (exact) mass is 433 g/mol. The molecule has 1 atom stereocenters. The normalized spacial score (nSPS) is 15.9. The second-order valence-electron chi connectivity index (χ2n) is 8.08. The zero-order chi connectivity index (χ0) is 22.7.